The number of carbonyl (C=O) groups excluding carboxylic acids is 1. The number of benzene rings is 1. The molecule has 0 bridgehead atoms. The quantitative estimate of drug-likeness (QED) is 0.473. The van der Waals surface area contributed by atoms with Crippen LogP contribution in [0, 0.1) is 0 Å². The van der Waals surface area contributed by atoms with Crippen molar-refractivity contribution in [2.24, 2.45) is 0 Å². The minimum Gasteiger partial charge on any atom is -0.352 e. The van der Waals surface area contributed by atoms with Gasteiger partial charge in [0.05, 0.1) is 4.90 Å². The molecule has 1 aromatic carbocycles. The number of hydrogen-bond acceptors (Lipinski definition) is 4. The molecule has 0 spiro atoms. The third-order valence-corrected chi connectivity index (χ3v) is 6.06. The van der Waals surface area contributed by atoms with E-state index in [1.165, 1.54) is 30.5 Å². The lowest BCUT2D eigenvalue weighted by Crippen LogP contribution is -2.28. The highest BCUT2D eigenvalue weighted by atomic mass is 32.2. The second-order valence-corrected chi connectivity index (χ2v) is 8.96. The van der Waals surface area contributed by atoms with Crippen LogP contribution in [0.5, 0.6) is 0 Å². The predicted molar refractivity (Wildman–Crippen MR) is 108 cm³/mol. The molecule has 27 heavy (non-hydrogen) atoms. The van der Waals surface area contributed by atoms with Gasteiger partial charge in [-0.05, 0) is 77.4 Å². The number of amides is 1. The van der Waals surface area contributed by atoms with Gasteiger partial charge in [0, 0.05) is 18.7 Å². The van der Waals surface area contributed by atoms with E-state index in [2.05, 4.69) is 16.1 Å². The zero-order valence-electron chi connectivity index (χ0n) is 16.3. The third kappa shape index (κ3) is 7.44. The summed E-state index contributed by atoms with van der Waals surface area (Å²) in [6.45, 7) is 1.75. The summed E-state index contributed by atoms with van der Waals surface area (Å²) < 4.78 is 27.4. The second-order valence-electron chi connectivity index (χ2n) is 7.20. The molecule has 0 aromatic heterocycles. The molecule has 0 fully saturated rings. The zero-order valence-corrected chi connectivity index (χ0v) is 17.1. The van der Waals surface area contributed by atoms with E-state index < -0.39 is 10.0 Å². The van der Waals surface area contributed by atoms with Crippen molar-refractivity contribution in [1.29, 1.82) is 0 Å². The molecule has 7 heteroatoms. The van der Waals surface area contributed by atoms with Gasteiger partial charge in [0.15, 0.2) is 0 Å². The van der Waals surface area contributed by atoms with E-state index in [4.69, 9.17) is 0 Å². The summed E-state index contributed by atoms with van der Waals surface area (Å²) in [5.41, 5.74) is 1.77. The van der Waals surface area contributed by atoms with Gasteiger partial charge in [0.2, 0.25) is 10.0 Å². The van der Waals surface area contributed by atoms with Crippen molar-refractivity contribution in [3.63, 3.8) is 0 Å². The lowest BCUT2D eigenvalue weighted by atomic mass is 9.97. The van der Waals surface area contributed by atoms with E-state index in [1.54, 1.807) is 12.1 Å². The number of rotatable bonds is 10. The van der Waals surface area contributed by atoms with E-state index in [0.29, 0.717) is 18.7 Å². The zero-order chi connectivity index (χ0) is 19.7. The van der Waals surface area contributed by atoms with Gasteiger partial charge < -0.3 is 10.2 Å². The predicted octanol–water partition coefficient (Wildman–Crippen LogP) is 2.54. The van der Waals surface area contributed by atoms with Crippen LogP contribution in [-0.2, 0) is 10.0 Å². The van der Waals surface area contributed by atoms with E-state index in [-0.39, 0.29) is 10.8 Å². The maximum absolute atomic E-state index is 12.4. The molecule has 6 nitrogen and oxygen atoms in total. The fourth-order valence-corrected chi connectivity index (χ4v) is 4.18. The van der Waals surface area contributed by atoms with Crippen molar-refractivity contribution in [3.05, 3.63) is 41.5 Å². The summed E-state index contributed by atoms with van der Waals surface area (Å²) in [5, 5.41) is 2.89. The van der Waals surface area contributed by atoms with Crippen LogP contribution in [0.4, 0.5) is 0 Å². The van der Waals surface area contributed by atoms with Crippen LogP contribution in [0.1, 0.15) is 48.9 Å². The van der Waals surface area contributed by atoms with Crippen LogP contribution in [0.15, 0.2) is 40.8 Å². The monoisotopic (exact) mass is 393 g/mol. The third-order valence-electron chi connectivity index (χ3n) is 4.60. The van der Waals surface area contributed by atoms with Crippen molar-refractivity contribution >= 4 is 15.9 Å². The molecule has 150 valence electrons. The van der Waals surface area contributed by atoms with Crippen molar-refractivity contribution in [2.45, 2.75) is 43.4 Å². The first-order valence-electron chi connectivity index (χ1n) is 9.59. The molecule has 0 saturated carbocycles. The molecule has 0 radical (unpaired) electrons. The number of nitrogens with zero attached hydrogens (tertiary/aromatic N) is 1. The van der Waals surface area contributed by atoms with E-state index in [0.717, 1.165) is 32.2 Å². The summed E-state index contributed by atoms with van der Waals surface area (Å²) in [5.74, 6) is -0.240. The van der Waals surface area contributed by atoms with Gasteiger partial charge in [0.1, 0.15) is 0 Å². The molecular formula is C20H31N3O3S. The smallest absolute Gasteiger partial charge is 0.251 e. The van der Waals surface area contributed by atoms with Crippen molar-refractivity contribution in [1.82, 2.24) is 14.9 Å². The van der Waals surface area contributed by atoms with E-state index in [1.807, 2.05) is 19.0 Å². The van der Waals surface area contributed by atoms with E-state index in [9.17, 15) is 13.2 Å². The molecule has 0 unspecified atom stereocenters. The van der Waals surface area contributed by atoms with Gasteiger partial charge in [-0.25, -0.2) is 13.1 Å². The molecule has 2 rings (SSSR count). The molecule has 1 aliphatic rings. The fourth-order valence-electron chi connectivity index (χ4n) is 3.06. The number of sulfonamides is 1. The number of hydrogen-bond donors (Lipinski definition) is 2. The Kier molecular flexibility index (Phi) is 8.47. The van der Waals surface area contributed by atoms with Gasteiger partial charge in [0.25, 0.3) is 5.91 Å². The highest BCUT2D eigenvalue weighted by molar-refractivity contribution is 7.89. The first-order valence-corrected chi connectivity index (χ1v) is 11.1. The number of carbonyl (C=O) groups is 1. The molecule has 0 saturated heterocycles. The Labute approximate surface area is 163 Å². The van der Waals surface area contributed by atoms with E-state index >= 15 is 0 Å². The summed E-state index contributed by atoms with van der Waals surface area (Å²) in [4.78, 5) is 14.5. The molecule has 0 aliphatic heterocycles. The van der Waals surface area contributed by atoms with Crippen LogP contribution in [0.3, 0.4) is 0 Å². The highest BCUT2D eigenvalue weighted by Gasteiger charge is 2.16. The normalized spacial score (nSPS) is 14.9. The number of allylic oxidation sites excluding steroid dienone is 1. The minimum atomic E-state index is -3.61. The standard InChI is InChI=1S/C20H31N3O3S/c1-23(2)15-7-13-22-27(25,26)19-11-6-10-18(16-19)20(24)21-14-12-17-8-4-3-5-9-17/h6,8,10-11,16,22H,3-5,7,9,12-15H2,1-2H3,(H,21,24). The topological polar surface area (TPSA) is 78.5 Å². The Bertz CT molecular complexity index is 757. The van der Waals surface area contributed by atoms with Crippen LogP contribution < -0.4 is 10.0 Å². The molecule has 0 heterocycles. The Balaban J connectivity index is 1.89. The first-order chi connectivity index (χ1) is 12.9. The molecule has 1 aliphatic carbocycles. The molecule has 1 aromatic rings. The Morgan fingerprint density at radius 2 is 2.00 bits per heavy atom. The largest absolute Gasteiger partial charge is 0.352 e. The Hall–Kier alpha value is -1.70. The Morgan fingerprint density at radius 1 is 1.19 bits per heavy atom. The van der Waals surface area contributed by atoms with Gasteiger partial charge >= 0.3 is 0 Å². The maximum atomic E-state index is 12.4. The summed E-state index contributed by atoms with van der Waals surface area (Å²) in [7, 11) is 0.282. The average molecular weight is 394 g/mol. The SMILES string of the molecule is CN(C)CCCNS(=O)(=O)c1cccc(C(=O)NCCC2=CCCCC2)c1. The second kappa shape index (κ2) is 10.6. The number of nitrogens with one attached hydrogen (secondary N) is 2. The first kappa shape index (κ1) is 21.6. The van der Waals surface area contributed by atoms with Gasteiger partial charge in [-0.1, -0.05) is 17.7 Å². The highest BCUT2D eigenvalue weighted by Crippen LogP contribution is 2.19. The maximum Gasteiger partial charge on any atom is 0.251 e. The fraction of sp³-hybridized carbons (Fsp3) is 0.550. The molecule has 0 atom stereocenters. The minimum absolute atomic E-state index is 0.120. The molecular weight excluding hydrogens is 362 g/mol. The van der Waals surface area contributed by atoms with Crippen molar-refractivity contribution < 1.29 is 13.2 Å². The van der Waals surface area contributed by atoms with Crippen LogP contribution >= 0.6 is 0 Å². The Morgan fingerprint density at radius 3 is 2.70 bits per heavy atom. The van der Waals surface area contributed by atoms with Crippen LogP contribution in [-0.4, -0.2) is 53.0 Å². The lowest BCUT2D eigenvalue weighted by molar-refractivity contribution is 0.0954. The van der Waals surface area contributed by atoms with Crippen LogP contribution in [0.2, 0.25) is 0 Å². The van der Waals surface area contributed by atoms with Gasteiger partial charge in [-0.2, -0.15) is 0 Å². The van der Waals surface area contributed by atoms with Gasteiger partial charge in [-0.15, -0.1) is 0 Å². The summed E-state index contributed by atoms with van der Waals surface area (Å²) >= 11 is 0. The van der Waals surface area contributed by atoms with Crippen molar-refractivity contribution in [3.8, 4) is 0 Å². The molecule has 1 amide bonds. The average Bonchev–Trinajstić information content (AvgIpc) is 2.66. The van der Waals surface area contributed by atoms with Gasteiger partial charge in [-0.3, -0.25) is 4.79 Å². The lowest BCUT2D eigenvalue weighted by Gasteiger charge is -2.13. The van der Waals surface area contributed by atoms with Crippen molar-refractivity contribution in [2.75, 3.05) is 33.7 Å². The van der Waals surface area contributed by atoms with Crippen LogP contribution in [0.25, 0.3) is 0 Å². The summed E-state index contributed by atoms with van der Waals surface area (Å²) in [6, 6.07) is 6.19. The summed E-state index contributed by atoms with van der Waals surface area (Å²) in [6.07, 6.45) is 8.57. The molecule has 2 N–H and O–H groups in total.